The zero-order chi connectivity index (χ0) is 21.8. The Morgan fingerprint density at radius 2 is 2.03 bits per heavy atom. The molecule has 32 heavy (non-hydrogen) atoms. The fraction of sp³-hybridized carbons (Fsp3) is 0.682. The van der Waals surface area contributed by atoms with E-state index in [1.165, 1.54) is 12.8 Å². The van der Waals surface area contributed by atoms with E-state index in [-0.39, 0.29) is 30.1 Å². The lowest BCUT2D eigenvalue weighted by Gasteiger charge is -2.36. The van der Waals surface area contributed by atoms with Crippen LogP contribution in [0, 0.1) is 19.8 Å². The fourth-order valence-electron chi connectivity index (χ4n) is 4.36. The largest absolute Gasteiger partial charge is 0.444 e. The summed E-state index contributed by atoms with van der Waals surface area (Å²) in [4.78, 5) is 13.8. The van der Waals surface area contributed by atoms with Gasteiger partial charge in [-0.3, -0.25) is 14.6 Å². The van der Waals surface area contributed by atoms with Crippen molar-refractivity contribution in [1.82, 2.24) is 29.9 Å². The summed E-state index contributed by atoms with van der Waals surface area (Å²) in [6, 6.07) is 0. The molecule has 0 amide bonds. The van der Waals surface area contributed by atoms with Crippen molar-refractivity contribution < 1.29 is 9.15 Å². The van der Waals surface area contributed by atoms with E-state index in [4.69, 9.17) is 9.15 Å². The number of morpholine rings is 1. The molecule has 2 aliphatic heterocycles. The number of rotatable bonds is 5. The number of ether oxygens (including phenoxy) is 1. The molecule has 0 aromatic carbocycles. The molecule has 2 aromatic heterocycles. The van der Waals surface area contributed by atoms with Gasteiger partial charge in [-0.1, -0.05) is 0 Å². The summed E-state index contributed by atoms with van der Waals surface area (Å²) in [6.07, 6.45) is 6.29. The van der Waals surface area contributed by atoms with Crippen LogP contribution in [0.5, 0.6) is 0 Å². The van der Waals surface area contributed by atoms with E-state index in [0.717, 1.165) is 68.1 Å². The van der Waals surface area contributed by atoms with E-state index < -0.39 is 0 Å². The maximum atomic E-state index is 5.97. The first-order chi connectivity index (χ1) is 15.0. The molecule has 0 bridgehead atoms. The highest BCUT2D eigenvalue weighted by Gasteiger charge is 2.26. The van der Waals surface area contributed by atoms with Crippen molar-refractivity contribution in [2.75, 3.05) is 46.4 Å². The molecular weight excluding hydrogens is 521 g/mol. The van der Waals surface area contributed by atoms with Crippen molar-refractivity contribution >= 4 is 29.9 Å². The number of hydrogen-bond acceptors (Lipinski definition) is 6. The summed E-state index contributed by atoms with van der Waals surface area (Å²) >= 11 is 0. The van der Waals surface area contributed by atoms with Gasteiger partial charge in [0.1, 0.15) is 11.9 Å². The Morgan fingerprint density at radius 1 is 1.25 bits per heavy atom. The predicted octanol–water partition coefficient (Wildman–Crippen LogP) is 2.50. The van der Waals surface area contributed by atoms with Gasteiger partial charge in [-0.25, -0.2) is 4.98 Å². The third kappa shape index (κ3) is 6.22. The van der Waals surface area contributed by atoms with Crippen molar-refractivity contribution in [2.45, 2.75) is 39.3 Å². The van der Waals surface area contributed by atoms with Gasteiger partial charge in [0.25, 0.3) is 0 Å². The highest BCUT2D eigenvalue weighted by molar-refractivity contribution is 14.0. The van der Waals surface area contributed by atoms with Crippen LogP contribution in [0.1, 0.15) is 41.9 Å². The van der Waals surface area contributed by atoms with Gasteiger partial charge in [-0.15, -0.1) is 24.0 Å². The van der Waals surface area contributed by atoms with E-state index in [2.05, 4.69) is 30.2 Å². The molecule has 0 aliphatic carbocycles. The summed E-state index contributed by atoms with van der Waals surface area (Å²) < 4.78 is 13.5. The quantitative estimate of drug-likeness (QED) is 0.344. The van der Waals surface area contributed by atoms with Gasteiger partial charge in [0, 0.05) is 38.9 Å². The Bertz CT molecular complexity index is 869. The number of guanidine groups is 1. The molecule has 9 nitrogen and oxygen atoms in total. The second-order valence-corrected chi connectivity index (χ2v) is 8.65. The summed E-state index contributed by atoms with van der Waals surface area (Å²) in [6.45, 7) is 10.2. The van der Waals surface area contributed by atoms with Crippen LogP contribution in [-0.2, 0) is 18.3 Å². The van der Waals surface area contributed by atoms with Crippen molar-refractivity contribution in [2.24, 2.45) is 18.0 Å². The monoisotopic (exact) mass is 557 g/mol. The van der Waals surface area contributed by atoms with Crippen molar-refractivity contribution in [3.8, 4) is 0 Å². The summed E-state index contributed by atoms with van der Waals surface area (Å²) in [7, 11) is 3.79. The van der Waals surface area contributed by atoms with Gasteiger partial charge >= 0.3 is 0 Å². The van der Waals surface area contributed by atoms with E-state index in [1.54, 1.807) is 0 Å². The molecule has 178 valence electrons. The Labute approximate surface area is 207 Å². The molecule has 1 atom stereocenters. The minimum atomic E-state index is 0. The van der Waals surface area contributed by atoms with Gasteiger partial charge in [-0.2, -0.15) is 5.10 Å². The molecule has 2 fully saturated rings. The molecule has 2 aromatic rings. The molecule has 10 heteroatoms. The fourth-order valence-corrected chi connectivity index (χ4v) is 4.36. The zero-order valence-corrected chi connectivity index (χ0v) is 21.9. The number of aryl methyl sites for hydroxylation is 3. The van der Waals surface area contributed by atoms with E-state index in [9.17, 15) is 0 Å². The minimum Gasteiger partial charge on any atom is -0.444 e. The Balaban J connectivity index is 0.00000289. The van der Waals surface area contributed by atoms with Crippen LogP contribution in [0.2, 0.25) is 0 Å². The molecule has 0 radical (unpaired) electrons. The van der Waals surface area contributed by atoms with Crippen molar-refractivity contribution in [3.63, 3.8) is 0 Å². The molecule has 4 heterocycles. The summed E-state index contributed by atoms with van der Waals surface area (Å²) in [5, 5.41) is 7.89. The van der Waals surface area contributed by atoms with E-state index >= 15 is 0 Å². The molecule has 4 rings (SSSR count). The molecule has 0 spiro atoms. The number of aromatic nitrogens is 3. The lowest BCUT2D eigenvalue weighted by Crippen LogP contribution is -2.49. The lowest BCUT2D eigenvalue weighted by atomic mass is 9.97. The topological polar surface area (TPSA) is 84.0 Å². The van der Waals surface area contributed by atoms with Crippen LogP contribution < -0.4 is 5.32 Å². The highest BCUT2D eigenvalue weighted by atomic mass is 127. The van der Waals surface area contributed by atoms with Crippen LogP contribution in [0.25, 0.3) is 0 Å². The molecule has 1 N–H and O–H groups in total. The maximum Gasteiger partial charge on any atom is 0.208 e. The Hall–Kier alpha value is -1.66. The Morgan fingerprint density at radius 3 is 2.66 bits per heavy atom. The molecule has 1 unspecified atom stereocenters. The minimum absolute atomic E-state index is 0. The average molecular weight is 557 g/mol. The number of halogens is 1. The first-order valence-corrected chi connectivity index (χ1v) is 11.2. The molecule has 0 saturated carbocycles. The van der Waals surface area contributed by atoms with E-state index in [0.29, 0.717) is 12.5 Å². The SMILES string of the molecule is CN=C(NCC1CCN(Cc2nc(C)c(C)o2)CC1)N1CCOC(c2cnn(C)c2)C1.I. The number of nitrogens with one attached hydrogen (secondary N) is 1. The van der Waals surface area contributed by atoms with Crippen LogP contribution in [0.15, 0.2) is 21.8 Å². The number of oxazole rings is 1. The smallest absolute Gasteiger partial charge is 0.208 e. The van der Waals surface area contributed by atoms with Gasteiger partial charge in [-0.05, 0) is 45.7 Å². The molecule has 2 saturated heterocycles. The number of likely N-dealkylation sites (tertiary alicyclic amines) is 1. The number of piperidine rings is 1. The zero-order valence-electron chi connectivity index (χ0n) is 19.6. The summed E-state index contributed by atoms with van der Waals surface area (Å²) in [5.41, 5.74) is 2.11. The molecular formula is C22H36IN7O2. The summed E-state index contributed by atoms with van der Waals surface area (Å²) in [5.74, 6) is 3.37. The van der Waals surface area contributed by atoms with Crippen molar-refractivity contribution in [3.05, 3.63) is 35.3 Å². The first-order valence-electron chi connectivity index (χ1n) is 11.2. The van der Waals surface area contributed by atoms with Crippen LogP contribution in [-0.4, -0.2) is 76.9 Å². The number of nitrogens with zero attached hydrogens (tertiary/aromatic N) is 6. The second-order valence-electron chi connectivity index (χ2n) is 8.65. The molecule has 2 aliphatic rings. The third-order valence-electron chi connectivity index (χ3n) is 6.36. The van der Waals surface area contributed by atoms with Crippen LogP contribution in [0.3, 0.4) is 0 Å². The van der Waals surface area contributed by atoms with Crippen LogP contribution in [0.4, 0.5) is 0 Å². The second kappa shape index (κ2) is 11.5. The average Bonchev–Trinajstić information content (AvgIpc) is 3.34. The number of aliphatic imine (C=N–C) groups is 1. The van der Waals surface area contributed by atoms with Crippen molar-refractivity contribution in [1.29, 1.82) is 0 Å². The van der Waals surface area contributed by atoms with Gasteiger partial charge in [0.05, 0.1) is 31.6 Å². The third-order valence-corrected chi connectivity index (χ3v) is 6.36. The Kier molecular flexibility index (Phi) is 8.95. The van der Waals surface area contributed by atoms with Gasteiger partial charge < -0.3 is 19.4 Å². The normalized spacial score (nSPS) is 20.9. The van der Waals surface area contributed by atoms with Crippen LogP contribution >= 0.6 is 24.0 Å². The predicted molar refractivity (Wildman–Crippen MR) is 134 cm³/mol. The first kappa shape index (κ1) is 25.0. The highest BCUT2D eigenvalue weighted by Crippen LogP contribution is 2.22. The van der Waals surface area contributed by atoms with Gasteiger partial charge in [0.2, 0.25) is 5.89 Å². The number of hydrogen-bond donors (Lipinski definition) is 1. The lowest BCUT2D eigenvalue weighted by molar-refractivity contribution is -0.00813. The standard InChI is InChI=1S/C22H35N7O2.HI/c1-16-17(2)31-21(26-16)15-28-7-5-18(6-8-28)11-24-22(23-3)29-9-10-30-20(14-29)19-12-25-27(4)13-19;/h12-13,18,20H,5-11,14-15H2,1-4H3,(H,23,24);1H. The van der Waals surface area contributed by atoms with Gasteiger partial charge in [0.15, 0.2) is 5.96 Å². The van der Waals surface area contributed by atoms with E-state index in [1.807, 2.05) is 45.0 Å². The maximum absolute atomic E-state index is 5.97.